The van der Waals surface area contributed by atoms with Gasteiger partial charge in [-0.3, -0.25) is 14.2 Å². The van der Waals surface area contributed by atoms with E-state index in [1.54, 1.807) is 18.2 Å². The highest BCUT2D eigenvalue weighted by Crippen LogP contribution is 2.30. The summed E-state index contributed by atoms with van der Waals surface area (Å²) >= 11 is 0. The molecule has 0 aliphatic heterocycles. The molecule has 3 aromatic carbocycles. The summed E-state index contributed by atoms with van der Waals surface area (Å²) in [4.78, 5) is 39.9. The molecule has 1 aromatic heterocycles. The second-order valence-corrected chi connectivity index (χ2v) is 7.49. The van der Waals surface area contributed by atoms with E-state index in [9.17, 15) is 18.8 Å². The minimum absolute atomic E-state index is 0.128. The van der Waals surface area contributed by atoms with Gasteiger partial charge < -0.3 is 19.5 Å². The number of halogens is 1. The highest BCUT2D eigenvalue weighted by Gasteiger charge is 2.20. The van der Waals surface area contributed by atoms with Gasteiger partial charge in [-0.1, -0.05) is 12.1 Å². The molecule has 35 heavy (non-hydrogen) atoms. The van der Waals surface area contributed by atoms with Gasteiger partial charge >= 0.3 is 5.69 Å². The minimum atomic E-state index is -0.752. The molecular formula is C25H22FN3O6. The number of nitrogens with zero attached hydrogens (tertiary/aromatic N) is 2. The summed E-state index contributed by atoms with van der Waals surface area (Å²) in [7, 11) is 4.31. The highest BCUT2D eigenvalue weighted by atomic mass is 19.1. The largest absolute Gasteiger partial charge is 0.497 e. The lowest BCUT2D eigenvalue weighted by Gasteiger charge is -2.16. The average molecular weight is 479 g/mol. The third-order valence-corrected chi connectivity index (χ3v) is 5.37. The van der Waals surface area contributed by atoms with E-state index in [0.29, 0.717) is 5.75 Å². The molecule has 180 valence electrons. The molecule has 1 amide bonds. The number of hydrogen-bond acceptors (Lipinski definition) is 6. The van der Waals surface area contributed by atoms with Crippen LogP contribution in [-0.2, 0) is 11.3 Å². The van der Waals surface area contributed by atoms with Crippen LogP contribution in [0.25, 0.3) is 16.6 Å². The third kappa shape index (κ3) is 4.58. The normalized spacial score (nSPS) is 10.7. The van der Waals surface area contributed by atoms with Crippen molar-refractivity contribution in [1.82, 2.24) is 9.13 Å². The van der Waals surface area contributed by atoms with E-state index >= 15 is 0 Å². The van der Waals surface area contributed by atoms with E-state index in [0.717, 1.165) is 15.2 Å². The zero-order valence-corrected chi connectivity index (χ0v) is 19.2. The van der Waals surface area contributed by atoms with Crippen molar-refractivity contribution in [2.75, 3.05) is 26.6 Å². The average Bonchev–Trinajstić information content (AvgIpc) is 2.86. The topological polar surface area (TPSA) is 101 Å². The zero-order valence-electron chi connectivity index (χ0n) is 19.2. The summed E-state index contributed by atoms with van der Waals surface area (Å²) in [6.07, 6.45) is 0. The number of fused-ring (bicyclic) bond motifs is 1. The highest BCUT2D eigenvalue weighted by molar-refractivity contribution is 5.92. The van der Waals surface area contributed by atoms with Gasteiger partial charge in [0.25, 0.3) is 5.56 Å². The molecule has 4 rings (SSSR count). The Morgan fingerprint density at radius 3 is 2.31 bits per heavy atom. The molecule has 0 atom stereocenters. The molecule has 0 aliphatic rings. The van der Waals surface area contributed by atoms with E-state index in [4.69, 9.17) is 14.2 Å². The molecule has 4 aromatic rings. The van der Waals surface area contributed by atoms with Crippen LogP contribution in [-0.4, -0.2) is 36.4 Å². The lowest BCUT2D eigenvalue weighted by molar-refractivity contribution is -0.116. The molecule has 0 unspecified atom stereocenters. The number of anilines is 1. The van der Waals surface area contributed by atoms with Crippen molar-refractivity contribution in [1.29, 1.82) is 0 Å². The Bertz CT molecular complexity index is 1540. The van der Waals surface area contributed by atoms with E-state index in [2.05, 4.69) is 5.32 Å². The molecule has 0 spiro atoms. The Labute approximate surface area is 198 Å². The van der Waals surface area contributed by atoms with Crippen molar-refractivity contribution in [3.8, 4) is 22.9 Å². The van der Waals surface area contributed by atoms with Gasteiger partial charge in [0.15, 0.2) is 11.5 Å². The summed E-state index contributed by atoms with van der Waals surface area (Å²) in [6.45, 7) is -0.453. The predicted octanol–water partition coefficient (Wildman–Crippen LogP) is 2.96. The maximum Gasteiger partial charge on any atom is 0.336 e. The summed E-state index contributed by atoms with van der Waals surface area (Å²) in [5.41, 5.74) is -0.701. The number of ether oxygens (including phenoxy) is 3. The zero-order chi connectivity index (χ0) is 25.1. The Morgan fingerprint density at radius 1 is 0.914 bits per heavy atom. The van der Waals surface area contributed by atoms with Crippen molar-refractivity contribution >= 4 is 22.5 Å². The molecule has 1 heterocycles. The van der Waals surface area contributed by atoms with Crippen LogP contribution in [0.2, 0.25) is 0 Å². The standard InChI is InChI=1S/C25H22FN3O6/c1-33-18-9-5-8-17(11-18)29-24(31)19-12-21(34-2)22(35-3)13-20(19)28(25(29)32)14-23(30)27-16-7-4-6-15(26)10-16/h4-13H,14H2,1-3H3,(H,27,30). The van der Waals surface area contributed by atoms with Crippen molar-refractivity contribution in [2.45, 2.75) is 6.54 Å². The van der Waals surface area contributed by atoms with Crippen LogP contribution >= 0.6 is 0 Å². The molecular weight excluding hydrogens is 457 g/mol. The maximum absolute atomic E-state index is 13.6. The Balaban J connectivity index is 1.93. The van der Waals surface area contributed by atoms with E-state index in [1.165, 1.54) is 57.7 Å². The fraction of sp³-hybridized carbons (Fsp3) is 0.160. The number of benzene rings is 3. The first-order chi connectivity index (χ1) is 16.9. The van der Waals surface area contributed by atoms with Gasteiger partial charge in [0.1, 0.15) is 18.1 Å². The lowest BCUT2D eigenvalue weighted by atomic mass is 10.2. The number of aromatic nitrogens is 2. The van der Waals surface area contributed by atoms with E-state index in [-0.39, 0.29) is 33.8 Å². The number of carbonyl (C=O) groups excluding carboxylic acids is 1. The van der Waals surface area contributed by atoms with E-state index in [1.807, 2.05) is 0 Å². The molecule has 10 heteroatoms. The first-order valence-corrected chi connectivity index (χ1v) is 10.5. The molecule has 0 aliphatic carbocycles. The molecule has 1 N–H and O–H groups in total. The number of amides is 1. The van der Waals surface area contributed by atoms with Crippen molar-refractivity contribution in [3.05, 3.63) is 87.3 Å². The predicted molar refractivity (Wildman–Crippen MR) is 128 cm³/mol. The van der Waals surface area contributed by atoms with E-state index < -0.39 is 29.5 Å². The van der Waals surface area contributed by atoms with Gasteiger partial charge in [-0.15, -0.1) is 0 Å². The van der Waals surface area contributed by atoms with Gasteiger partial charge in [0.05, 0.1) is 37.9 Å². The van der Waals surface area contributed by atoms with Gasteiger partial charge in [0, 0.05) is 17.8 Å². The number of rotatable bonds is 7. The molecule has 0 saturated heterocycles. The molecule has 0 radical (unpaired) electrons. The Kier molecular flexibility index (Phi) is 6.54. The van der Waals surface area contributed by atoms with Crippen LogP contribution in [0, 0.1) is 5.82 Å². The van der Waals surface area contributed by atoms with Crippen molar-refractivity contribution in [3.63, 3.8) is 0 Å². The molecule has 0 saturated carbocycles. The summed E-state index contributed by atoms with van der Waals surface area (Å²) in [6, 6.07) is 14.7. The van der Waals surface area contributed by atoms with Gasteiger partial charge in [-0.2, -0.15) is 0 Å². The van der Waals surface area contributed by atoms with Crippen LogP contribution in [0.1, 0.15) is 0 Å². The van der Waals surface area contributed by atoms with Crippen LogP contribution in [0.4, 0.5) is 10.1 Å². The quantitative estimate of drug-likeness (QED) is 0.438. The Morgan fingerprint density at radius 2 is 1.63 bits per heavy atom. The maximum atomic E-state index is 13.6. The summed E-state index contributed by atoms with van der Waals surface area (Å²) in [5, 5.41) is 2.69. The number of hydrogen-bond donors (Lipinski definition) is 1. The second-order valence-electron chi connectivity index (χ2n) is 7.49. The molecule has 9 nitrogen and oxygen atoms in total. The molecule has 0 bridgehead atoms. The fourth-order valence-corrected chi connectivity index (χ4v) is 3.73. The Hall–Kier alpha value is -4.60. The third-order valence-electron chi connectivity index (χ3n) is 5.37. The first-order valence-electron chi connectivity index (χ1n) is 10.5. The summed E-state index contributed by atoms with van der Waals surface area (Å²) < 4.78 is 31.5. The monoisotopic (exact) mass is 479 g/mol. The second kappa shape index (κ2) is 9.72. The fourth-order valence-electron chi connectivity index (χ4n) is 3.73. The van der Waals surface area contributed by atoms with Crippen LogP contribution < -0.4 is 30.8 Å². The molecule has 0 fully saturated rings. The SMILES string of the molecule is COc1cccc(-n2c(=O)c3cc(OC)c(OC)cc3n(CC(=O)Nc3cccc(F)c3)c2=O)c1. The number of methoxy groups -OCH3 is 3. The van der Waals surface area contributed by atoms with Crippen LogP contribution in [0.3, 0.4) is 0 Å². The van der Waals surface area contributed by atoms with Crippen LogP contribution in [0.5, 0.6) is 17.2 Å². The van der Waals surface area contributed by atoms with Gasteiger partial charge in [-0.05, 0) is 36.4 Å². The number of nitrogens with one attached hydrogen (secondary N) is 1. The van der Waals surface area contributed by atoms with Gasteiger partial charge in [-0.25, -0.2) is 13.8 Å². The summed E-state index contributed by atoms with van der Waals surface area (Å²) in [5.74, 6) is -0.115. The van der Waals surface area contributed by atoms with Crippen LogP contribution in [0.15, 0.2) is 70.3 Å². The van der Waals surface area contributed by atoms with Gasteiger partial charge in [0.2, 0.25) is 5.91 Å². The van der Waals surface area contributed by atoms with Crippen molar-refractivity contribution < 1.29 is 23.4 Å². The number of carbonyl (C=O) groups is 1. The van der Waals surface area contributed by atoms with Crippen molar-refractivity contribution in [2.24, 2.45) is 0 Å². The lowest BCUT2D eigenvalue weighted by Crippen LogP contribution is -2.40. The smallest absolute Gasteiger partial charge is 0.336 e. The minimum Gasteiger partial charge on any atom is -0.497 e. The first kappa shape index (κ1) is 23.6.